The lowest BCUT2D eigenvalue weighted by atomic mass is 9.65. The molecule has 1 aromatic rings. The number of phenolic OH excluding ortho intramolecular Hbond substituents is 1. The Bertz CT molecular complexity index is 784. The predicted molar refractivity (Wildman–Crippen MR) is 145 cm³/mol. The molecule has 3 atom stereocenters. The topological polar surface area (TPSA) is 32.7 Å². The van der Waals surface area contributed by atoms with Gasteiger partial charge in [0.1, 0.15) is 17.1 Å². The highest BCUT2D eigenvalue weighted by atomic mass is 16.5. The smallest absolute Gasteiger partial charge is 0.127 e. The Kier molecular flexibility index (Phi) is 9.95. The van der Waals surface area contributed by atoms with E-state index in [0.717, 1.165) is 56.0 Å². The SMILES string of the molecule is C=CCCN(CC)C1CCC2C(C1)c1c(O)cc(CCCCCCCC(C)C)cc1OC2(C)C. The van der Waals surface area contributed by atoms with Gasteiger partial charge in [0.15, 0.2) is 0 Å². The van der Waals surface area contributed by atoms with Gasteiger partial charge >= 0.3 is 0 Å². The summed E-state index contributed by atoms with van der Waals surface area (Å²) >= 11 is 0. The number of rotatable bonds is 13. The van der Waals surface area contributed by atoms with Gasteiger partial charge in [-0.25, -0.2) is 0 Å². The van der Waals surface area contributed by atoms with Gasteiger partial charge in [0.25, 0.3) is 0 Å². The number of nitrogens with zero attached hydrogens (tertiary/aromatic N) is 1. The zero-order valence-corrected chi connectivity index (χ0v) is 22.7. The molecule has 34 heavy (non-hydrogen) atoms. The number of hydrogen-bond donors (Lipinski definition) is 1. The molecular formula is C31H51NO2. The fourth-order valence-corrected chi connectivity index (χ4v) is 6.53. The number of aromatic hydroxyl groups is 1. The van der Waals surface area contributed by atoms with Crippen molar-refractivity contribution >= 4 is 0 Å². The Morgan fingerprint density at radius 2 is 1.88 bits per heavy atom. The second-order valence-corrected chi connectivity index (χ2v) is 11.8. The summed E-state index contributed by atoms with van der Waals surface area (Å²) in [4.78, 5) is 2.62. The summed E-state index contributed by atoms with van der Waals surface area (Å²) in [6, 6.07) is 4.85. The minimum Gasteiger partial charge on any atom is -0.508 e. The molecule has 3 unspecified atom stereocenters. The van der Waals surface area contributed by atoms with Crippen LogP contribution in [-0.2, 0) is 6.42 Å². The zero-order valence-electron chi connectivity index (χ0n) is 22.7. The lowest BCUT2D eigenvalue weighted by Gasteiger charge is -2.50. The van der Waals surface area contributed by atoms with Crippen molar-refractivity contribution < 1.29 is 9.84 Å². The van der Waals surface area contributed by atoms with Gasteiger partial charge in [-0.3, -0.25) is 0 Å². The molecule has 1 aromatic carbocycles. The lowest BCUT2D eigenvalue weighted by Crippen LogP contribution is -2.50. The monoisotopic (exact) mass is 469 g/mol. The van der Waals surface area contributed by atoms with Crippen molar-refractivity contribution in [2.75, 3.05) is 13.1 Å². The van der Waals surface area contributed by atoms with Gasteiger partial charge in [-0.15, -0.1) is 6.58 Å². The van der Waals surface area contributed by atoms with Crippen molar-refractivity contribution in [3.05, 3.63) is 35.9 Å². The summed E-state index contributed by atoms with van der Waals surface area (Å²) in [5.41, 5.74) is 2.11. The first-order valence-corrected chi connectivity index (χ1v) is 14.2. The highest BCUT2D eigenvalue weighted by Gasteiger charge is 2.48. The summed E-state index contributed by atoms with van der Waals surface area (Å²) in [6.45, 7) is 17.5. The normalized spacial score (nSPS) is 23.4. The van der Waals surface area contributed by atoms with Gasteiger partial charge in [-0.05, 0) is 88.4 Å². The van der Waals surface area contributed by atoms with Gasteiger partial charge in [0, 0.05) is 24.1 Å². The van der Waals surface area contributed by atoms with Crippen molar-refractivity contribution in [1.29, 1.82) is 0 Å². The van der Waals surface area contributed by atoms with Gasteiger partial charge in [-0.1, -0.05) is 59.0 Å². The number of fused-ring (bicyclic) bond motifs is 3. The minimum absolute atomic E-state index is 0.192. The number of phenols is 1. The largest absolute Gasteiger partial charge is 0.508 e. The van der Waals surface area contributed by atoms with Crippen LogP contribution in [0.3, 0.4) is 0 Å². The third kappa shape index (κ3) is 6.80. The maximum Gasteiger partial charge on any atom is 0.127 e. The molecule has 0 radical (unpaired) electrons. The van der Waals surface area contributed by atoms with E-state index in [9.17, 15) is 5.11 Å². The molecule has 3 rings (SSSR count). The molecule has 1 N–H and O–H groups in total. The Morgan fingerprint density at radius 3 is 2.59 bits per heavy atom. The predicted octanol–water partition coefficient (Wildman–Crippen LogP) is 8.25. The summed E-state index contributed by atoms with van der Waals surface area (Å²) in [6.07, 6.45) is 15.4. The average molecular weight is 470 g/mol. The molecule has 3 heteroatoms. The summed E-state index contributed by atoms with van der Waals surface area (Å²) < 4.78 is 6.59. The van der Waals surface area contributed by atoms with E-state index < -0.39 is 0 Å². The van der Waals surface area contributed by atoms with E-state index in [1.54, 1.807) is 0 Å². The molecule has 192 valence electrons. The molecule has 1 aliphatic carbocycles. The number of hydrogen-bond acceptors (Lipinski definition) is 3. The maximum atomic E-state index is 11.2. The van der Waals surface area contributed by atoms with Crippen molar-refractivity contribution in [3.63, 3.8) is 0 Å². The maximum absolute atomic E-state index is 11.2. The zero-order chi connectivity index (χ0) is 24.7. The minimum atomic E-state index is -0.192. The molecular weight excluding hydrogens is 418 g/mol. The van der Waals surface area contributed by atoms with E-state index in [-0.39, 0.29) is 5.60 Å². The second-order valence-electron chi connectivity index (χ2n) is 11.8. The van der Waals surface area contributed by atoms with Gasteiger partial charge in [-0.2, -0.15) is 0 Å². The standard InChI is InChI=1S/C31H51NO2/c1-7-9-19-32(8-2)25-17-18-27-26(22-25)30-28(33)20-24(21-29(30)34-31(27,5)6)16-14-12-10-11-13-15-23(3)4/h7,20-21,23,25-27,33H,1,8-19,22H2,2-6H3. The first-order chi connectivity index (χ1) is 16.3. The number of ether oxygens (including phenoxy) is 1. The molecule has 0 spiro atoms. The van der Waals surface area contributed by atoms with Crippen LogP contribution in [0.15, 0.2) is 24.8 Å². The molecule has 3 nitrogen and oxygen atoms in total. The van der Waals surface area contributed by atoms with E-state index in [0.29, 0.717) is 23.6 Å². The van der Waals surface area contributed by atoms with Gasteiger partial charge in [0.05, 0.1) is 0 Å². The number of aryl methyl sites for hydroxylation is 1. The average Bonchev–Trinajstić information content (AvgIpc) is 2.78. The van der Waals surface area contributed by atoms with Crippen molar-refractivity contribution in [2.45, 2.75) is 123 Å². The van der Waals surface area contributed by atoms with Crippen molar-refractivity contribution in [1.82, 2.24) is 4.90 Å². The fraction of sp³-hybridized carbons (Fsp3) is 0.742. The van der Waals surface area contributed by atoms with Crippen LogP contribution in [0, 0.1) is 11.8 Å². The quantitative estimate of drug-likeness (QED) is 0.233. The number of benzene rings is 1. The van der Waals surface area contributed by atoms with Crippen LogP contribution in [0.2, 0.25) is 0 Å². The summed E-state index contributed by atoms with van der Waals surface area (Å²) in [5, 5.41) is 11.2. The molecule has 1 saturated carbocycles. The van der Waals surface area contributed by atoms with E-state index in [4.69, 9.17) is 4.74 Å². The van der Waals surface area contributed by atoms with E-state index in [1.165, 1.54) is 50.5 Å². The summed E-state index contributed by atoms with van der Waals surface area (Å²) in [7, 11) is 0. The van der Waals surface area contributed by atoms with Gasteiger partial charge < -0.3 is 14.7 Å². The van der Waals surface area contributed by atoms with Crippen LogP contribution < -0.4 is 4.74 Å². The number of unbranched alkanes of at least 4 members (excludes halogenated alkanes) is 4. The van der Waals surface area contributed by atoms with Crippen LogP contribution in [0.25, 0.3) is 0 Å². The van der Waals surface area contributed by atoms with Crippen LogP contribution in [0.5, 0.6) is 11.5 Å². The van der Waals surface area contributed by atoms with Crippen LogP contribution >= 0.6 is 0 Å². The molecule has 1 fully saturated rings. The molecule has 0 saturated heterocycles. The van der Waals surface area contributed by atoms with E-state index in [2.05, 4.69) is 52.2 Å². The van der Waals surface area contributed by atoms with Crippen LogP contribution in [0.4, 0.5) is 0 Å². The van der Waals surface area contributed by atoms with E-state index >= 15 is 0 Å². The third-order valence-electron chi connectivity index (χ3n) is 8.43. The molecule has 0 amide bonds. The molecule has 1 heterocycles. The lowest BCUT2D eigenvalue weighted by molar-refractivity contribution is -0.0231. The Labute approximate surface area is 210 Å². The van der Waals surface area contributed by atoms with E-state index in [1.807, 2.05) is 12.1 Å². The fourth-order valence-electron chi connectivity index (χ4n) is 6.53. The summed E-state index contributed by atoms with van der Waals surface area (Å²) in [5.74, 6) is 3.04. The first-order valence-electron chi connectivity index (χ1n) is 14.2. The second kappa shape index (κ2) is 12.5. The molecule has 1 aliphatic heterocycles. The molecule has 2 aliphatic rings. The van der Waals surface area contributed by atoms with Crippen molar-refractivity contribution in [3.8, 4) is 11.5 Å². The third-order valence-corrected chi connectivity index (χ3v) is 8.43. The highest BCUT2D eigenvalue weighted by Crippen LogP contribution is 2.55. The first kappa shape index (κ1) is 27.1. The molecule has 0 bridgehead atoms. The Morgan fingerprint density at radius 1 is 1.15 bits per heavy atom. The highest BCUT2D eigenvalue weighted by molar-refractivity contribution is 5.52. The van der Waals surface area contributed by atoms with Crippen molar-refractivity contribution in [2.24, 2.45) is 11.8 Å². The van der Waals surface area contributed by atoms with Gasteiger partial charge in [0.2, 0.25) is 0 Å². The van der Waals surface area contributed by atoms with Crippen LogP contribution in [-0.4, -0.2) is 34.7 Å². The van der Waals surface area contributed by atoms with Crippen LogP contribution in [0.1, 0.15) is 116 Å². The Balaban J connectivity index is 1.68. The Hall–Kier alpha value is -1.48. The molecule has 0 aromatic heterocycles.